The fourth-order valence-electron chi connectivity index (χ4n) is 6.70. The Hall–Kier alpha value is -1.06. The van der Waals surface area contributed by atoms with Crippen molar-refractivity contribution in [3.05, 3.63) is 0 Å². The molecule has 0 aromatic rings. The van der Waals surface area contributed by atoms with Gasteiger partial charge in [-0.25, -0.2) is 0 Å². The zero-order valence-corrected chi connectivity index (χ0v) is 13.9. The fraction of sp³-hybridized carbons (Fsp3) is 0.889. The van der Waals surface area contributed by atoms with Crippen LogP contribution in [0.1, 0.15) is 65.2 Å². The van der Waals surface area contributed by atoms with Gasteiger partial charge >= 0.3 is 0 Å². The molecule has 4 fully saturated rings. The molecule has 4 heteroatoms. The number of carbonyl (C=O) groups excluding carboxylic acids is 1. The minimum atomic E-state index is 0.247. The highest BCUT2D eigenvalue weighted by atomic mass is 16.1. The second-order valence-corrected chi connectivity index (χ2v) is 8.65. The van der Waals surface area contributed by atoms with Crippen LogP contribution in [0.5, 0.6) is 0 Å². The average molecular weight is 303 g/mol. The second kappa shape index (κ2) is 4.72. The first kappa shape index (κ1) is 14.5. The molecule has 1 unspecified atom stereocenters. The average Bonchev–Trinajstić information content (AvgIpc) is 2.84. The molecule has 1 saturated heterocycles. The molecular formula is C18H29N3O. The Kier molecular flexibility index (Phi) is 3.11. The number of piperidine rings is 1. The number of amides is 1. The molecule has 3 saturated carbocycles. The summed E-state index contributed by atoms with van der Waals surface area (Å²) < 4.78 is 0. The van der Waals surface area contributed by atoms with E-state index in [0.717, 1.165) is 37.0 Å². The van der Waals surface area contributed by atoms with Crippen molar-refractivity contribution >= 4 is 11.6 Å². The van der Waals surface area contributed by atoms with Crippen LogP contribution in [0.3, 0.4) is 0 Å². The maximum atomic E-state index is 11.8. The Labute approximate surface area is 133 Å². The number of nitrogens with one attached hydrogen (secondary N) is 1. The van der Waals surface area contributed by atoms with E-state index in [1.165, 1.54) is 31.4 Å². The highest BCUT2D eigenvalue weighted by molar-refractivity contribution is 5.92. The molecule has 4 aliphatic rings. The number of hydrogen-bond acceptors (Lipinski definition) is 3. The maximum absolute atomic E-state index is 11.8. The number of carbonyl (C=O) groups is 1. The van der Waals surface area contributed by atoms with E-state index in [1.807, 2.05) is 0 Å². The van der Waals surface area contributed by atoms with Crippen LogP contribution >= 0.6 is 0 Å². The Morgan fingerprint density at radius 2 is 1.91 bits per heavy atom. The Balaban J connectivity index is 1.65. The summed E-state index contributed by atoms with van der Waals surface area (Å²) >= 11 is 0. The van der Waals surface area contributed by atoms with Gasteiger partial charge in [0.25, 0.3) is 0 Å². The van der Waals surface area contributed by atoms with Crippen LogP contribution in [0.15, 0.2) is 5.10 Å². The van der Waals surface area contributed by atoms with Crippen molar-refractivity contribution in [1.29, 1.82) is 0 Å². The highest BCUT2D eigenvalue weighted by Crippen LogP contribution is 2.63. The summed E-state index contributed by atoms with van der Waals surface area (Å²) in [5.41, 5.74) is 1.82. The molecule has 0 bridgehead atoms. The number of nitrogens with zero attached hydrogens (tertiary/aromatic N) is 1. The first-order valence-corrected chi connectivity index (χ1v) is 9.05. The molecule has 0 radical (unpaired) electrons. The van der Waals surface area contributed by atoms with Crippen LogP contribution in [-0.2, 0) is 4.79 Å². The summed E-state index contributed by atoms with van der Waals surface area (Å²) in [6.45, 7) is 4.85. The molecule has 0 aromatic carbocycles. The van der Waals surface area contributed by atoms with Crippen LogP contribution in [0.2, 0.25) is 0 Å². The van der Waals surface area contributed by atoms with Gasteiger partial charge in [0.05, 0.1) is 0 Å². The third-order valence-electron chi connectivity index (χ3n) is 7.99. The lowest BCUT2D eigenvalue weighted by molar-refractivity contribution is -0.134. The molecule has 6 atom stereocenters. The van der Waals surface area contributed by atoms with Gasteiger partial charge in [-0.1, -0.05) is 13.8 Å². The lowest BCUT2D eigenvalue weighted by atomic mass is 9.47. The minimum absolute atomic E-state index is 0.247. The highest BCUT2D eigenvalue weighted by Gasteiger charge is 2.59. The monoisotopic (exact) mass is 303 g/mol. The predicted octanol–water partition coefficient (Wildman–Crippen LogP) is 2.82. The number of nitrogens with two attached hydrogens (primary N) is 1. The third kappa shape index (κ3) is 1.75. The van der Waals surface area contributed by atoms with E-state index >= 15 is 0 Å². The molecule has 122 valence electrons. The topological polar surface area (TPSA) is 67.5 Å². The quantitative estimate of drug-likeness (QED) is 0.534. The molecule has 0 spiro atoms. The smallest absolute Gasteiger partial charge is 0.220 e. The first-order valence-electron chi connectivity index (χ1n) is 9.05. The molecular weight excluding hydrogens is 274 g/mol. The molecule has 1 heterocycles. The lowest BCUT2D eigenvalue weighted by Gasteiger charge is -2.59. The normalized spacial score (nSPS) is 52.6. The van der Waals surface area contributed by atoms with E-state index in [2.05, 4.69) is 24.3 Å². The summed E-state index contributed by atoms with van der Waals surface area (Å²) in [5.74, 6) is 8.27. The van der Waals surface area contributed by atoms with Gasteiger partial charge in [-0.2, -0.15) is 5.10 Å². The van der Waals surface area contributed by atoms with Crippen molar-refractivity contribution < 1.29 is 4.79 Å². The lowest BCUT2D eigenvalue weighted by Crippen LogP contribution is -2.61. The number of hydrogen-bond donors (Lipinski definition) is 2. The summed E-state index contributed by atoms with van der Waals surface area (Å²) in [5, 5.41) is 7.45. The van der Waals surface area contributed by atoms with Gasteiger partial charge in [0, 0.05) is 23.6 Å². The van der Waals surface area contributed by atoms with Crippen molar-refractivity contribution in [2.24, 2.45) is 39.5 Å². The van der Waals surface area contributed by atoms with Crippen molar-refractivity contribution in [1.82, 2.24) is 5.32 Å². The molecule has 4 nitrogen and oxygen atoms in total. The van der Waals surface area contributed by atoms with Gasteiger partial charge in [0.15, 0.2) is 0 Å². The standard InChI is InChI=1S/C18H29N3O/c1-17-10-8-16(22)20-14(17)5-3-11-12-4-6-15(21-19)18(12,2)9-7-13(11)17/h11-14H,3-10,19H2,1-2H3,(H,20,22)/t11-,12-,13+,14?,17+,18-/m0/s1. The molecule has 1 amide bonds. The van der Waals surface area contributed by atoms with Crippen molar-refractivity contribution in [3.8, 4) is 0 Å². The van der Waals surface area contributed by atoms with Gasteiger partial charge in [0.1, 0.15) is 0 Å². The summed E-state index contributed by atoms with van der Waals surface area (Å²) in [6, 6.07) is 0.406. The van der Waals surface area contributed by atoms with E-state index in [9.17, 15) is 4.79 Å². The largest absolute Gasteiger partial charge is 0.353 e. The fourth-order valence-corrected chi connectivity index (χ4v) is 6.70. The van der Waals surface area contributed by atoms with Crippen molar-refractivity contribution in [3.63, 3.8) is 0 Å². The Morgan fingerprint density at radius 3 is 2.68 bits per heavy atom. The zero-order chi connectivity index (χ0) is 15.5. The van der Waals surface area contributed by atoms with Gasteiger partial charge in [-0.3, -0.25) is 4.79 Å². The molecule has 3 aliphatic carbocycles. The SMILES string of the molecule is C[C@]12CCC(=O)NC1CC[C@@H]1[C@H]2CC[C@]2(C)C(=NN)CC[C@@H]12. The summed E-state index contributed by atoms with van der Waals surface area (Å²) in [6.07, 6.45) is 9.08. The van der Waals surface area contributed by atoms with E-state index in [-0.39, 0.29) is 11.3 Å². The van der Waals surface area contributed by atoms with Gasteiger partial charge in [-0.15, -0.1) is 0 Å². The third-order valence-corrected chi connectivity index (χ3v) is 7.99. The van der Waals surface area contributed by atoms with Crippen LogP contribution in [-0.4, -0.2) is 17.7 Å². The van der Waals surface area contributed by atoms with Gasteiger partial charge in [-0.05, 0) is 68.1 Å². The molecule has 0 aromatic heterocycles. The molecule has 4 rings (SSSR count). The Morgan fingerprint density at radius 1 is 1.09 bits per heavy atom. The second-order valence-electron chi connectivity index (χ2n) is 8.65. The summed E-state index contributed by atoms with van der Waals surface area (Å²) in [7, 11) is 0. The maximum Gasteiger partial charge on any atom is 0.220 e. The van der Waals surface area contributed by atoms with Crippen LogP contribution in [0.25, 0.3) is 0 Å². The molecule has 1 aliphatic heterocycles. The van der Waals surface area contributed by atoms with Crippen LogP contribution in [0.4, 0.5) is 0 Å². The minimum Gasteiger partial charge on any atom is -0.353 e. The summed E-state index contributed by atoms with van der Waals surface area (Å²) in [4.78, 5) is 11.8. The zero-order valence-electron chi connectivity index (χ0n) is 13.9. The van der Waals surface area contributed by atoms with E-state index in [4.69, 9.17) is 5.84 Å². The molecule has 3 N–H and O–H groups in total. The van der Waals surface area contributed by atoms with Crippen LogP contribution in [0, 0.1) is 28.6 Å². The number of fused-ring (bicyclic) bond motifs is 5. The van der Waals surface area contributed by atoms with E-state index < -0.39 is 0 Å². The van der Waals surface area contributed by atoms with Crippen molar-refractivity contribution in [2.75, 3.05) is 0 Å². The van der Waals surface area contributed by atoms with Gasteiger partial charge in [0.2, 0.25) is 5.91 Å². The number of rotatable bonds is 0. The molecule has 22 heavy (non-hydrogen) atoms. The van der Waals surface area contributed by atoms with E-state index in [0.29, 0.717) is 17.9 Å². The predicted molar refractivity (Wildman–Crippen MR) is 87.2 cm³/mol. The first-order chi connectivity index (χ1) is 10.5. The number of hydrazone groups is 1. The van der Waals surface area contributed by atoms with Crippen LogP contribution < -0.4 is 11.2 Å². The van der Waals surface area contributed by atoms with Gasteiger partial charge < -0.3 is 11.2 Å². The van der Waals surface area contributed by atoms with Crippen molar-refractivity contribution in [2.45, 2.75) is 71.3 Å². The Bertz CT molecular complexity index is 530. The van der Waals surface area contributed by atoms with E-state index in [1.54, 1.807) is 0 Å².